The minimum absolute atomic E-state index is 0.992. The summed E-state index contributed by atoms with van der Waals surface area (Å²) in [5, 5.41) is 6.25. The number of likely N-dealkylation sites (tertiary alicyclic amines) is 1. The maximum Gasteiger partial charge on any atom is 0.0799 e. The minimum Gasteiger partial charge on any atom is -0.512 e. The van der Waals surface area contributed by atoms with E-state index >= 15 is 0 Å². The van der Waals surface area contributed by atoms with Crippen molar-refractivity contribution < 1.29 is 4.90 Å². The molecule has 0 aromatic carbocycles. The van der Waals surface area contributed by atoms with Crippen molar-refractivity contribution in [1.82, 2.24) is 0 Å². The van der Waals surface area contributed by atoms with Crippen LogP contribution in [-0.2, 0) is 0 Å². The summed E-state index contributed by atoms with van der Waals surface area (Å²) in [7, 11) is 0. The zero-order chi connectivity index (χ0) is 9.40. The summed E-state index contributed by atoms with van der Waals surface area (Å²) >= 11 is 0. The lowest BCUT2D eigenvalue weighted by molar-refractivity contribution is -0.889. The van der Waals surface area contributed by atoms with E-state index in [4.69, 9.17) is 11.8 Å². The summed E-state index contributed by atoms with van der Waals surface area (Å²) in [5.74, 6) is 0.992. The summed E-state index contributed by atoms with van der Waals surface area (Å²) in [6.07, 6.45) is 4.24. The van der Waals surface area contributed by atoms with Crippen LogP contribution < -0.4 is 4.90 Å². The fourth-order valence-corrected chi connectivity index (χ4v) is 1.80. The first-order chi connectivity index (χ1) is 5.83. The van der Waals surface area contributed by atoms with E-state index in [0.717, 1.165) is 5.92 Å². The lowest BCUT2D eigenvalue weighted by atomic mass is 10.2. The zero-order valence-corrected chi connectivity index (χ0v) is 8.27. The van der Waals surface area contributed by atoms with Crippen molar-refractivity contribution in [2.75, 3.05) is 19.6 Å². The third-order valence-corrected chi connectivity index (χ3v) is 2.51. The van der Waals surface area contributed by atoms with E-state index in [9.17, 15) is 0 Å². The fraction of sp³-hybridized carbons (Fsp3) is 0.900. The molecule has 1 heterocycles. The Balaban J connectivity index is 0.000000561. The molecule has 0 saturated carbocycles. The highest BCUT2D eigenvalue weighted by Crippen LogP contribution is 2.00. The van der Waals surface area contributed by atoms with Gasteiger partial charge in [-0.15, -0.1) is 0 Å². The van der Waals surface area contributed by atoms with Crippen LogP contribution >= 0.6 is 0 Å². The fourth-order valence-electron chi connectivity index (χ4n) is 1.80. The van der Waals surface area contributed by atoms with Crippen molar-refractivity contribution in [3.63, 3.8) is 0 Å². The quantitative estimate of drug-likeness (QED) is 0.621. The number of unbranched alkanes of at least 4 members (excludes halogenated alkanes) is 1. The number of hydrogen-bond donors (Lipinski definition) is 1. The second-order valence-corrected chi connectivity index (χ2v) is 3.70. The molecule has 1 rings (SSSR count). The van der Waals surface area contributed by atoms with Crippen molar-refractivity contribution in [2.45, 2.75) is 33.1 Å². The predicted molar refractivity (Wildman–Crippen MR) is 49.2 cm³/mol. The zero-order valence-electron chi connectivity index (χ0n) is 8.27. The van der Waals surface area contributed by atoms with E-state index in [2.05, 4.69) is 13.8 Å². The van der Waals surface area contributed by atoms with E-state index < -0.39 is 0 Å². The lowest BCUT2D eigenvalue weighted by Gasteiger charge is -2.10. The predicted octanol–water partition coefficient (Wildman–Crippen LogP) is 0.808. The molecule has 0 aliphatic carbocycles. The molecule has 2 heteroatoms. The Labute approximate surface area is 76.2 Å². The van der Waals surface area contributed by atoms with Crippen LogP contribution in [0.5, 0.6) is 0 Å². The number of nitrogens with one attached hydrogen (secondary N) is 1. The molecule has 1 saturated heterocycles. The van der Waals surface area contributed by atoms with E-state index in [-0.39, 0.29) is 0 Å². The van der Waals surface area contributed by atoms with Crippen molar-refractivity contribution in [3.05, 3.63) is 6.57 Å². The van der Waals surface area contributed by atoms with Gasteiger partial charge in [-0.25, -0.2) is 0 Å². The Kier molecular flexibility index (Phi) is 6.79. The number of nitrogens with zero attached hydrogens (tertiary/aromatic N) is 1. The van der Waals surface area contributed by atoms with Gasteiger partial charge in [0.2, 0.25) is 0 Å². The van der Waals surface area contributed by atoms with Crippen LogP contribution in [0, 0.1) is 17.8 Å². The van der Waals surface area contributed by atoms with Crippen molar-refractivity contribution >= 4 is 0 Å². The lowest BCUT2D eigenvalue weighted by Crippen LogP contribution is -3.10. The van der Waals surface area contributed by atoms with E-state index in [0.29, 0.717) is 0 Å². The Morgan fingerprint density at radius 1 is 1.50 bits per heavy atom. The van der Waals surface area contributed by atoms with Crippen molar-refractivity contribution in [3.8, 4) is 0 Å². The summed E-state index contributed by atoms with van der Waals surface area (Å²) in [4.78, 5) is 1.84. The molecule has 2 unspecified atom stereocenters. The molecular formula is C10H20N2. The van der Waals surface area contributed by atoms with Gasteiger partial charge in [0.25, 0.3) is 0 Å². The van der Waals surface area contributed by atoms with E-state index in [1.54, 1.807) is 0 Å². The second kappa shape index (κ2) is 7.12. The van der Waals surface area contributed by atoms with Gasteiger partial charge in [0.15, 0.2) is 0 Å². The Morgan fingerprint density at radius 2 is 2.17 bits per heavy atom. The van der Waals surface area contributed by atoms with Crippen LogP contribution in [0.3, 0.4) is 0 Å². The number of hydrogen-bond acceptors (Lipinski definition) is 1. The largest absolute Gasteiger partial charge is 0.512 e. The Bertz CT molecular complexity index is 120. The van der Waals surface area contributed by atoms with Crippen LogP contribution in [0.1, 0.15) is 33.1 Å². The molecule has 1 N–H and O–H groups in total. The maximum atomic E-state index is 6.25. The normalized spacial score (nSPS) is 27.7. The van der Waals surface area contributed by atoms with Crippen LogP contribution in [0.25, 0.3) is 0 Å². The number of quaternary nitrogens is 1. The van der Waals surface area contributed by atoms with E-state index in [1.807, 2.05) is 4.90 Å². The molecule has 0 aromatic rings. The van der Waals surface area contributed by atoms with Crippen molar-refractivity contribution in [2.24, 2.45) is 5.92 Å². The minimum atomic E-state index is 0.992. The highest BCUT2D eigenvalue weighted by molar-refractivity contribution is 4.55. The molecule has 70 valence electrons. The highest BCUT2D eigenvalue weighted by atomic mass is 15.1. The molecule has 0 amide bonds. The molecule has 0 aromatic heterocycles. The average molecular weight is 168 g/mol. The topological polar surface area (TPSA) is 28.2 Å². The summed E-state index contributed by atoms with van der Waals surface area (Å²) in [5.41, 5.74) is 0. The first kappa shape index (κ1) is 11.4. The highest BCUT2D eigenvalue weighted by Gasteiger charge is 2.20. The smallest absolute Gasteiger partial charge is 0.0799 e. The Hall–Kier alpha value is -0.550. The molecule has 1 aliphatic heterocycles. The third kappa shape index (κ3) is 4.35. The monoisotopic (exact) mass is 168 g/mol. The van der Waals surface area contributed by atoms with Gasteiger partial charge in [-0.05, 0) is 6.42 Å². The van der Waals surface area contributed by atoms with Gasteiger partial charge in [0.1, 0.15) is 0 Å². The summed E-state index contributed by atoms with van der Waals surface area (Å²) < 4.78 is 0. The van der Waals surface area contributed by atoms with E-state index in [1.165, 1.54) is 38.9 Å². The van der Waals surface area contributed by atoms with Crippen molar-refractivity contribution in [1.29, 1.82) is 5.26 Å². The number of rotatable bonds is 3. The Morgan fingerprint density at radius 3 is 2.58 bits per heavy atom. The van der Waals surface area contributed by atoms with Gasteiger partial charge >= 0.3 is 0 Å². The van der Waals surface area contributed by atoms with Gasteiger partial charge in [-0.1, -0.05) is 20.3 Å². The average Bonchev–Trinajstić information content (AvgIpc) is 2.51. The van der Waals surface area contributed by atoms with Crippen LogP contribution in [0.15, 0.2) is 0 Å². The van der Waals surface area contributed by atoms with Crippen LogP contribution in [0.2, 0.25) is 0 Å². The summed E-state index contributed by atoms with van der Waals surface area (Å²) in [6.45, 7) is 13.7. The van der Waals surface area contributed by atoms with Gasteiger partial charge in [-0.3, -0.25) is 0 Å². The standard InChI is InChI=1S/C9H19N.CN/c1-3-4-6-10-7-5-9(2)8-10;1-2/h9H,3-8H2,1-2H3;/q;-1/p+1. The summed E-state index contributed by atoms with van der Waals surface area (Å²) in [6, 6.07) is 0. The maximum absolute atomic E-state index is 6.25. The van der Waals surface area contributed by atoms with Gasteiger partial charge in [0.05, 0.1) is 19.6 Å². The third-order valence-electron chi connectivity index (χ3n) is 2.51. The molecule has 0 spiro atoms. The first-order valence-electron chi connectivity index (χ1n) is 4.89. The van der Waals surface area contributed by atoms with Gasteiger partial charge < -0.3 is 16.7 Å². The van der Waals surface area contributed by atoms with Crippen LogP contribution in [0.4, 0.5) is 0 Å². The SMILES string of the molecule is CCCC[NH+]1CCC(C)C1.[C-]#N. The van der Waals surface area contributed by atoms with Gasteiger partial charge in [-0.2, -0.15) is 0 Å². The van der Waals surface area contributed by atoms with Crippen LogP contribution in [-0.4, -0.2) is 19.6 Å². The molecule has 2 atom stereocenters. The molecule has 0 bridgehead atoms. The first-order valence-corrected chi connectivity index (χ1v) is 4.89. The molecule has 2 nitrogen and oxygen atoms in total. The molecule has 1 fully saturated rings. The molecule has 0 radical (unpaired) electrons. The van der Waals surface area contributed by atoms with Gasteiger partial charge in [0, 0.05) is 12.3 Å². The second-order valence-electron chi connectivity index (χ2n) is 3.70. The molecule has 12 heavy (non-hydrogen) atoms. The molecular weight excluding hydrogens is 148 g/mol. The molecule has 1 aliphatic rings.